The minimum absolute atomic E-state index is 0.218. The standard InChI is InChI=1S/C16H19N3O2/c1-16(7-4-8-21-16)10-18-15(20)14-9-12(17)11-5-2-3-6-13(11)19-14/h2-3,5-6,9H,4,7-8,10H2,1H3,(H2,17,19)(H,18,20). The molecule has 2 heterocycles. The number of para-hydroxylation sites is 1. The number of nitrogen functional groups attached to an aromatic ring is 1. The lowest BCUT2D eigenvalue weighted by Gasteiger charge is -2.23. The van der Waals surface area contributed by atoms with Gasteiger partial charge in [-0.15, -0.1) is 0 Å². The number of hydrogen-bond acceptors (Lipinski definition) is 4. The first-order valence-electron chi connectivity index (χ1n) is 7.15. The van der Waals surface area contributed by atoms with E-state index >= 15 is 0 Å². The number of aromatic nitrogens is 1. The van der Waals surface area contributed by atoms with Crippen molar-refractivity contribution in [1.29, 1.82) is 0 Å². The summed E-state index contributed by atoms with van der Waals surface area (Å²) in [6.07, 6.45) is 1.99. The number of amides is 1. The van der Waals surface area contributed by atoms with E-state index in [-0.39, 0.29) is 11.5 Å². The molecule has 3 rings (SSSR count). The van der Waals surface area contributed by atoms with Crippen LogP contribution in [0.4, 0.5) is 5.69 Å². The third-order valence-electron chi connectivity index (χ3n) is 3.90. The van der Waals surface area contributed by atoms with Crippen LogP contribution in [0.2, 0.25) is 0 Å². The summed E-state index contributed by atoms with van der Waals surface area (Å²) in [7, 11) is 0. The van der Waals surface area contributed by atoms with Crippen LogP contribution in [-0.2, 0) is 4.74 Å². The Morgan fingerprint density at radius 1 is 1.48 bits per heavy atom. The van der Waals surface area contributed by atoms with Crippen molar-refractivity contribution in [3.8, 4) is 0 Å². The number of nitrogens with two attached hydrogens (primary N) is 1. The third kappa shape index (κ3) is 2.83. The van der Waals surface area contributed by atoms with E-state index in [1.807, 2.05) is 31.2 Å². The number of pyridine rings is 1. The largest absolute Gasteiger partial charge is 0.398 e. The van der Waals surface area contributed by atoms with Crippen LogP contribution >= 0.6 is 0 Å². The number of nitrogens with one attached hydrogen (secondary N) is 1. The Kier molecular flexibility index (Phi) is 3.51. The van der Waals surface area contributed by atoms with Crippen LogP contribution in [0.1, 0.15) is 30.3 Å². The van der Waals surface area contributed by atoms with E-state index < -0.39 is 0 Å². The number of carbonyl (C=O) groups is 1. The highest BCUT2D eigenvalue weighted by Gasteiger charge is 2.30. The van der Waals surface area contributed by atoms with Crippen molar-refractivity contribution in [2.24, 2.45) is 0 Å². The van der Waals surface area contributed by atoms with Gasteiger partial charge in [0.25, 0.3) is 5.91 Å². The molecular weight excluding hydrogens is 266 g/mol. The first kappa shape index (κ1) is 13.8. The van der Waals surface area contributed by atoms with E-state index in [2.05, 4.69) is 10.3 Å². The Bertz CT molecular complexity index is 678. The summed E-state index contributed by atoms with van der Waals surface area (Å²) in [5, 5.41) is 3.75. The lowest BCUT2D eigenvalue weighted by atomic mass is 10.0. The molecule has 1 unspecified atom stereocenters. The lowest BCUT2D eigenvalue weighted by Crippen LogP contribution is -2.40. The summed E-state index contributed by atoms with van der Waals surface area (Å²) < 4.78 is 5.66. The number of anilines is 1. The van der Waals surface area contributed by atoms with Gasteiger partial charge in [0, 0.05) is 24.2 Å². The van der Waals surface area contributed by atoms with Crippen LogP contribution in [0.25, 0.3) is 10.9 Å². The molecular formula is C16H19N3O2. The smallest absolute Gasteiger partial charge is 0.270 e. The predicted molar refractivity (Wildman–Crippen MR) is 82.1 cm³/mol. The number of carbonyl (C=O) groups excluding carboxylic acids is 1. The Morgan fingerprint density at radius 3 is 3.05 bits per heavy atom. The second-order valence-electron chi connectivity index (χ2n) is 5.70. The van der Waals surface area contributed by atoms with Crippen LogP contribution in [0, 0.1) is 0 Å². The zero-order chi connectivity index (χ0) is 14.9. The molecule has 1 saturated heterocycles. The molecule has 1 aromatic heterocycles. The molecule has 0 aliphatic carbocycles. The average molecular weight is 285 g/mol. The molecule has 21 heavy (non-hydrogen) atoms. The number of hydrogen-bond donors (Lipinski definition) is 2. The van der Waals surface area contributed by atoms with Crippen molar-refractivity contribution in [3.05, 3.63) is 36.0 Å². The average Bonchev–Trinajstić information content (AvgIpc) is 2.92. The molecule has 0 bridgehead atoms. The first-order chi connectivity index (χ1) is 10.1. The topological polar surface area (TPSA) is 77.2 Å². The van der Waals surface area contributed by atoms with Gasteiger partial charge < -0.3 is 15.8 Å². The Labute approximate surface area is 123 Å². The van der Waals surface area contributed by atoms with E-state index in [0.29, 0.717) is 17.9 Å². The minimum atomic E-state index is -0.266. The van der Waals surface area contributed by atoms with Gasteiger partial charge in [-0.3, -0.25) is 4.79 Å². The number of ether oxygens (including phenoxy) is 1. The van der Waals surface area contributed by atoms with Crippen LogP contribution in [0.3, 0.4) is 0 Å². The van der Waals surface area contributed by atoms with Crippen molar-refractivity contribution in [2.45, 2.75) is 25.4 Å². The third-order valence-corrected chi connectivity index (χ3v) is 3.90. The summed E-state index contributed by atoms with van der Waals surface area (Å²) >= 11 is 0. The lowest BCUT2D eigenvalue weighted by molar-refractivity contribution is 0.0205. The van der Waals surface area contributed by atoms with Gasteiger partial charge in [0.05, 0.1) is 11.1 Å². The zero-order valence-corrected chi connectivity index (χ0v) is 12.1. The SMILES string of the molecule is CC1(CNC(=O)c2cc(N)c3ccccc3n2)CCCO1. The highest BCUT2D eigenvalue weighted by molar-refractivity contribution is 5.99. The molecule has 3 N–H and O–H groups in total. The van der Waals surface area contributed by atoms with E-state index in [4.69, 9.17) is 10.5 Å². The van der Waals surface area contributed by atoms with Gasteiger partial charge >= 0.3 is 0 Å². The number of fused-ring (bicyclic) bond motifs is 1. The Morgan fingerprint density at radius 2 is 2.29 bits per heavy atom. The first-order valence-corrected chi connectivity index (χ1v) is 7.15. The zero-order valence-electron chi connectivity index (χ0n) is 12.1. The fourth-order valence-corrected chi connectivity index (χ4v) is 2.65. The summed E-state index contributed by atoms with van der Waals surface area (Å²) in [6, 6.07) is 9.15. The number of rotatable bonds is 3. The second-order valence-corrected chi connectivity index (χ2v) is 5.70. The molecule has 0 saturated carbocycles. The molecule has 5 heteroatoms. The van der Waals surface area contributed by atoms with Gasteiger partial charge in [0.2, 0.25) is 0 Å². The molecule has 1 fully saturated rings. The van der Waals surface area contributed by atoms with Crippen LogP contribution in [-0.4, -0.2) is 29.6 Å². The molecule has 1 aliphatic rings. The molecule has 0 spiro atoms. The fourth-order valence-electron chi connectivity index (χ4n) is 2.65. The van der Waals surface area contributed by atoms with Crippen molar-refractivity contribution in [3.63, 3.8) is 0 Å². The minimum Gasteiger partial charge on any atom is -0.398 e. The second kappa shape index (κ2) is 5.33. The highest BCUT2D eigenvalue weighted by Crippen LogP contribution is 2.24. The molecule has 1 aliphatic heterocycles. The van der Waals surface area contributed by atoms with Crippen molar-refractivity contribution < 1.29 is 9.53 Å². The van der Waals surface area contributed by atoms with Gasteiger partial charge in [-0.2, -0.15) is 0 Å². The van der Waals surface area contributed by atoms with E-state index in [1.165, 1.54) is 0 Å². The van der Waals surface area contributed by atoms with Gasteiger partial charge in [0.15, 0.2) is 0 Å². The Hall–Kier alpha value is -2.14. The molecule has 0 radical (unpaired) electrons. The highest BCUT2D eigenvalue weighted by atomic mass is 16.5. The molecule has 2 aromatic rings. The molecule has 110 valence electrons. The summed E-state index contributed by atoms with van der Waals surface area (Å²) in [4.78, 5) is 16.6. The molecule has 1 aromatic carbocycles. The van der Waals surface area contributed by atoms with Gasteiger partial charge in [-0.05, 0) is 31.9 Å². The Balaban J connectivity index is 1.78. The van der Waals surface area contributed by atoms with E-state index in [9.17, 15) is 4.79 Å². The maximum Gasteiger partial charge on any atom is 0.270 e. The summed E-state index contributed by atoms with van der Waals surface area (Å²) in [5.74, 6) is -0.218. The maximum atomic E-state index is 12.3. The monoisotopic (exact) mass is 285 g/mol. The number of nitrogens with zero attached hydrogens (tertiary/aromatic N) is 1. The van der Waals surface area contributed by atoms with Crippen LogP contribution in [0.15, 0.2) is 30.3 Å². The summed E-state index contributed by atoms with van der Waals surface area (Å²) in [5.41, 5.74) is 7.36. The van der Waals surface area contributed by atoms with E-state index in [1.54, 1.807) is 6.07 Å². The maximum absolute atomic E-state index is 12.3. The quantitative estimate of drug-likeness (QED) is 0.905. The summed E-state index contributed by atoms with van der Waals surface area (Å²) in [6.45, 7) is 3.26. The van der Waals surface area contributed by atoms with Crippen LogP contribution in [0.5, 0.6) is 0 Å². The fraction of sp³-hybridized carbons (Fsp3) is 0.375. The van der Waals surface area contributed by atoms with Gasteiger partial charge in [0.1, 0.15) is 5.69 Å². The van der Waals surface area contributed by atoms with Gasteiger partial charge in [-0.1, -0.05) is 18.2 Å². The van der Waals surface area contributed by atoms with E-state index in [0.717, 1.165) is 30.4 Å². The molecule has 1 amide bonds. The van der Waals surface area contributed by atoms with Crippen molar-refractivity contribution in [2.75, 3.05) is 18.9 Å². The van der Waals surface area contributed by atoms with Gasteiger partial charge in [-0.25, -0.2) is 4.98 Å². The predicted octanol–water partition coefficient (Wildman–Crippen LogP) is 2.12. The van der Waals surface area contributed by atoms with Crippen molar-refractivity contribution >= 4 is 22.5 Å². The van der Waals surface area contributed by atoms with Crippen LogP contribution < -0.4 is 11.1 Å². The van der Waals surface area contributed by atoms with Crippen molar-refractivity contribution in [1.82, 2.24) is 10.3 Å². The molecule has 5 nitrogen and oxygen atoms in total. The normalized spacial score (nSPS) is 21.6. The molecule has 1 atom stereocenters. The number of benzene rings is 1.